The SMILES string of the molecule is O=C(Nc1cccc(Oc2ccc3c(c2)C(=O)N(CC2CCCO2)C3=O)c1)C1CCCC1. The quantitative estimate of drug-likeness (QED) is 0.682. The van der Waals surface area contributed by atoms with E-state index >= 15 is 0 Å². The van der Waals surface area contributed by atoms with Crippen LogP contribution in [-0.4, -0.2) is 41.9 Å². The molecule has 1 N–H and O–H groups in total. The van der Waals surface area contributed by atoms with Crippen LogP contribution in [0.4, 0.5) is 5.69 Å². The summed E-state index contributed by atoms with van der Waals surface area (Å²) in [6, 6.07) is 12.1. The fourth-order valence-corrected chi connectivity index (χ4v) is 4.70. The van der Waals surface area contributed by atoms with Gasteiger partial charge in [-0.15, -0.1) is 0 Å². The molecular formula is C25H26N2O5. The largest absolute Gasteiger partial charge is 0.457 e. The number of hydrogen-bond acceptors (Lipinski definition) is 5. The van der Waals surface area contributed by atoms with Crippen molar-refractivity contribution in [1.82, 2.24) is 4.90 Å². The summed E-state index contributed by atoms with van der Waals surface area (Å²) < 4.78 is 11.5. The Morgan fingerprint density at radius 3 is 2.53 bits per heavy atom. The van der Waals surface area contributed by atoms with Crippen LogP contribution in [0.15, 0.2) is 42.5 Å². The molecule has 1 saturated heterocycles. The van der Waals surface area contributed by atoms with Gasteiger partial charge in [0.2, 0.25) is 5.91 Å². The molecule has 0 aromatic heterocycles. The summed E-state index contributed by atoms with van der Waals surface area (Å²) in [5.74, 6) is 0.530. The zero-order chi connectivity index (χ0) is 22.1. The fourth-order valence-electron chi connectivity index (χ4n) is 4.70. The number of amides is 3. The minimum atomic E-state index is -0.316. The van der Waals surface area contributed by atoms with Gasteiger partial charge in [-0.1, -0.05) is 18.9 Å². The van der Waals surface area contributed by atoms with Crippen LogP contribution in [0.3, 0.4) is 0 Å². The van der Waals surface area contributed by atoms with Crippen LogP contribution in [-0.2, 0) is 9.53 Å². The second-order valence-electron chi connectivity index (χ2n) is 8.66. The number of fused-ring (bicyclic) bond motifs is 1. The molecule has 2 aromatic carbocycles. The van der Waals surface area contributed by atoms with E-state index in [4.69, 9.17) is 9.47 Å². The van der Waals surface area contributed by atoms with Crippen molar-refractivity contribution >= 4 is 23.4 Å². The molecule has 0 spiro atoms. The molecule has 0 bridgehead atoms. The van der Waals surface area contributed by atoms with E-state index < -0.39 is 0 Å². The van der Waals surface area contributed by atoms with E-state index in [0.717, 1.165) is 38.5 Å². The van der Waals surface area contributed by atoms with Crippen molar-refractivity contribution in [2.24, 2.45) is 5.92 Å². The van der Waals surface area contributed by atoms with Crippen molar-refractivity contribution in [3.05, 3.63) is 53.6 Å². The van der Waals surface area contributed by atoms with Gasteiger partial charge in [-0.25, -0.2) is 0 Å². The maximum Gasteiger partial charge on any atom is 0.261 e. The number of hydrogen-bond donors (Lipinski definition) is 1. The first-order valence-corrected chi connectivity index (χ1v) is 11.3. The van der Waals surface area contributed by atoms with E-state index in [1.165, 1.54) is 4.90 Å². The number of nitrogens with zero attached hydrogens (tertiary/aromatic N) is 1. The lowest BCUT2D eigenvalue weighted by molar-refractivity contribution is -0.119. The number of anilines is 1. The van der Waals surface area contributed by atoms with Crippen molar-refractivity contribution < 1.29 is 23.9 Å². The highest BCUT2D eigenvalue weighted by molar-refractivity contribution is 6.21. The van der Waals surface area contributed by atoms with Gasteiger partial charge in [0.1, 0.15) is 11.5 Å². The van der Waals surface area contributed by atoms with E-state index in [1.807, 2.05) is 12.1 Å². The van der Waals surface area contributed by atoms with Crippen LogP contribution in [0.5, 0.6) is 11.5 Å². The van der Waals surface area contributed by atoms with E-state index in [2.05, 4.69) is 5.32 Å². The number of benzene rings is 2. The highest BCUT2D eigenvalue weighted by Gasteiger charge is 2.37. The second-order valence-corrected chi connectivity index (χ2v) is 8.66. The molecule has 1 saturated carbocycles. The molecule has 7 heteroatoms. The zero-order valence-electron chi connectivity index (χ0n) is 17.8. The van der Waals surface area contributed by atoms with Gasteiger partial charge in [0.25, 0.3) is 11.8 Å². The molecule has 1 unspecified atom stereocenters. The number of carbonyl (C=O) groups excluding carboxylic acids is 3. The van der Waals surface area contributed by atoms with Gasteiger partial charge in [-0.05, 0) is 56.0 Å². The molecule has 3 aliphatic rings. The molecule has 2 fully saturated rings. The van der Waals surface area contributed by atoms with E-state index in [-0.39, 0.29) is 36.3 Å². The van der Waals surface area contributed by atoms with Crippen LogP contribution in [0.25, 0.3) is 0 Å². The Hall–Kier alpha value is -3.19. The predicted octanol–water partition coefficient (Wildman–Crippen LogP) is 4.38. The van der Waals surface area contributed by atoms with Crippen molar-refractivity contribution in [3.8, 4) is 11.5 Å². The molecule has 166 valence electrons. The first kappa shape index (κ1) is 20.7. The third-order valence-electron chi connectivity index (χ3n) is 6.42. The number of carbonyl (C=O) groups is 3. The van der Waals surface area contributed by atoms with Crippen LogP contribution >= 0.6 is 0 Å². The highest BCUT2D eigenvalue weighted by atomic mass is 16.5. The van der Waals surface area contributed by atoms with Crippen molar-refractivity contribution in [2.75, 3.05) is 18.5 Å². The average Bonchev–Trinajstić information content (AvgIpc) is 3.54. The van der Waals surface area contributed by atoms with E-state index in [1.54, 1.807) is 30.3 Å². The molecule has 2 aliphatic heterocycles. The van der Waals surface area contributed by atoms with Gasteiger partial charge in [0, 0.05) is 24.3 Å². The van der Waals surface area contributed by atoms with Crippen molar-refractivity contribution in [2.45, 2.75) is 44.6 Å². The predicted molar refractivity (Wildman–Crippen MR) is 118 cm³/mol. The number of rotatable bonds is 6. The van der Waals surface area contributed by atoms with Gasteiger partial charge in [-0.3, -0.25) is 19.3 Å². The first-order chi connectivity index (χ1) is 15.6. The molecule has 5 rings (SSSR count). The molecule has 32 heavy (non-hydrogen) atoms. The summed E-state index contributed by atoms with van der Waals surface area (Å²) in [6.07, 6.45) is 5.80. The van der Waals surface area contributed by atoms with Gasteiger partial charge in [0.15, 0.2) is 0 Å². The molecular weight excluding hydrogens is 408 g/mol. The van der Waals surface area contributed by atoms with Gasteiger partial charge < -0.3 is 14.8 Å². The Morgan fingerprint density at radius 2 is 1.75 bits per heavy atom. The molecule has 7 nitrogen and oxygen atoms in total. The monoisotopic (exact) mass is 434 g/mol. The maximum absolute atomic E-state index is 12.8. The lowest BCUT2D eigenvalue weighted by Gasteiger charge is -2.17. The van der Waals surface area contributed by atoms with Crippen LogP contribution in [0.2, 0.25) is 0 Å². The Labute approximate surface area is 186 Å². The second kappa shape index (κ2) is 8.74. The Bertz CT molecular complexity index is 1050. The molecule has 1 aliphatic carbocycles. The number of nitrogens with one attached hydrogen (secondary N) is 1. The van der Waals surface area contributed by atoms with Crippen LogP contribution in [0.1, 0.15) is 59.2 Å². The average molecular weight is 434 g/mol. The zero-order valence-corrected chi connectivity index (χ0v) is 17.8. The van der Waals surface area contributed by atoms with Gasteiger partial charge >= 0.3 is 0 Å². The van der Waals surface area contributed by atoms with Gasteiger partial charge in [-0.2, -0.15) is 0 Å². The number of ether oxygens (including phenoxy) is 2. The Morgan fingerprint density at radius 1 is 0.969 bits per heavy atom. The topological polar surface area (TPSA) is 84.9 Å². The van der Waals surface area contributed by atoms with E-state index in [9.17, 15) is 14.4 Å². The summed E-state index contributed by atoms with van der Waals surface area (Å²) >= 11 is 0. The molecule has 0 radical (unpaired) electrons. The molecule has 2 heterocycles. The molecule has 1 atom stereocenters. The standard InChI is InChI=1S/C25H26N2O5/c28-23(16-5-1-2-6-16)26-17-7-3-8-18(13-17)32-19-10-11-21-22(14-19)25(30)27(24(21)29)15-20-9-4-12-31-20/h3,7-8,10-11,13-14,16,20H,1-2,4-6,9,12,15H2,(H,26,28). The minimum absolute atomic E-state index is 0.0487. The smallest absolute Gasteiger partial charge is 0.261 e. The fraction of sp³-hybridized carbons (Fsp3) is 0.400. The number of imide groups is 1. The van der Waals surface area contributed by atoms with Crippen molar-refractivity contribution in [1.29, 1.82) is 0 Å². The van der Waals surface area contributed by atoms with Crippen LogP contribution < -0.4 is 10.1 Å². The lowest BCUT2D eigenvalue weighted by atomic mass is 10.1. The van der Waals surface area contributed by atoms with Crippen LogP contribution in [0, 0.1) is 5.92 Å². The minimum Gasteiger partial charge on any atom is -0.457 e. The van der Waals surface area contributed by atoms with Crippen molar-refractivity contribution in [3.63, 3.8) is 0 Å². The summed E-state index contributed by atoms with van der Waals surface area (Å²) in [4.78, 5) is 39.2. The Balaban J connectivity index is 1.28. The summed E-state index contributed by atoms with van der Waals surface area (Å²) in [5.41, 5.74) is 1.41. The third-order valence-corrected chi connectivity index (χ3v) is 6.42. The summed E-state index contributed by atoms with van der Waals surface area (Å²) in [6.45, 7) is 0.956. The lowest BCUT2D eigenvalue weighted by Crippen LogP contribution is -2.36. The van der Waals surface area contributed by atoms with Gasteiger partial charge in [0.05, 0.1) is 23.8 Å². The first-order valence-electron chi connectivity index (χ1n) is 11.3. The molecule has 2 aromatic rings. The highest BCUT2D eigenvalue weighted by Crippen LogP contribution is 2.32. The maximum atomic E-state index is 12.8. The summed E-state index contributed by atoms with van der Waals surface area (Å²) in [5, 5.41) is 2.97. The normalized spacial score (nSPS) is 20.6. The van der Waals surface area contributed by atoms with E-state index in [0.29, 0.717) is 34.9 Å². The molecule has 3 amide bonds. The summed E-state index contributed by atoms with van der Waals surface area (Å²) in [7, 11) is 0. The third kappa shape index (κ3) is 4.12. The Kier molecular flexibility index (Phi) is 5.66.